The standard InChI is InChI=1S/C50H48BN/c1-30-16-14-18-33-29-52(48-39-21-11-13-25-42(39)50(6,7)46(33)48)44-28-34(35-19-9-8-17-31(35)2)27-40(47(44)51)36-22-15-23-37(32(36)3)45-38-20-10-12-24-41(38)49(4,5)43(45)26-30/h8-12,14-24,27-28H,1,13,25-26,29,51H2,2-7H3/b16-14-,33-18+. The van der Waals surface area contributed by atoms with Crippen LogP contribution < -0.4 is 10.4 Å². The molecule has 2 aliphatic heterocycles. The van der Waals surface area contributed by atoms with E-state index in [1.165, 1.54) is 94.8 Å². The molecule has 4 aromatic carbocycles. The Labute approximate surface area is 311 Å². The number of hydrogen-bond donors (Lipinski definition) is 0. The largest absolute Gasteiger partial charge is 0.337 e. The summed E-state index contributed by atoms with van der Waals surface area (Å²) in [4.78, 5) is 2.66. The number of anilines is 1. The fourth-order valence-electron chi connectivity index (χ4n) is 10.2. The van der Waals surface area contributed by atoms with Crippen LogP contribution in [-0.4, -0.2) is 14.4 Å². The van der Waals surface area contributed by atoms with Crippen LogP contribution in [0.4, 0.5) is 5.69 Å². The number of nitrogens with zero attached hydrogens (tertiary/aromatic N) is 1. The number of hydrogen-bond acceptors (Lipinski definition) is 1. The van der Waals surface area contributed by atoms with Gasteiger partial charge in [0.15, 0.2) is 0 Å². The van der Waals surface area contributed by atoms with Crippen molar-refractivity contribution in [3.8, 4) is 22.3 Å². The highest BCUT2D eigenvalue weighted by Crippen LogP contribution is 2.58. The third kappa shape index (κ3) is 4.69. The molecule has 0 unspecified atom stereocenters. The van der Waals surface area contributed by atoms with E-state index in [1.54, 1.807) is 5.57 Å². The van der Waals surface area contributed by atoms with Gasteiger partial charge in [0, 0.05) is 23.1 Å². The molecule has 0 aromatic heterocycles. The Kier molecular flexibility index (Phi) is 7.39. The van der Waals surface area contributed by atoms with Gasteiger partial charge < -0.3 is 4.90 Å². The molecule has 0 radical (unpaired) electrons. The third-order valence-electron chi connectivity index (χ3n) is 12.9. The van der Waals surface area contributed by atoms with Crippen LogP contribution in [0.3, 0.4) is 0 Å². The van der Waals surface area contributed by atoms with Gasteiger partial charge >= 0.3 is 0 Å². The zero-order valence-corrected chi connectivity index (χ0v) is 31.9. The number of rotatable bonds is 1. The zero-order valence-electron chi connectivity index (χ0n) is 31.9. The first kappa shape index (κ1) is 32.8. The van der Waals surface area contributed by atoms with Gasteiger partial charge in [0.1, 0.15) is 7.85 Å². The molecule has 0 atom stereocenters. The first-order valence-corrected chi connectivity index (χ1v) is 19.1. The fraction of sp³-hybridized carbons (Fsp3) is 0.240. The van der Waals surface area contributed by atoms with E-state index in [-0.39, 0.29) is 10.8 Å². The number of fused-ring (bicyclic) bond motifs is 14. The highest BCUT2D eigenvalue weighted by Gasteiger charge is 2.47. The Balaban J connectivity index is 1.37. The molecule has 1 nitrogen and oxygen atoms in total. The van der Waals surface area contributed by atoms with Crippen LogP contribution in [0.1, 0.15) is 74.8 Å². The minimum atomic E-state index is -0.110. The first-order valence-electron chi connectivity index (χ1n) is 19.1. The van der Waals surface area contributed by atoms with E-state index in [4.69, 9.17) is 0 Å². The van der Waals surface area contributed by atoms with E-state index in [0.29, 0.717) is 0 Å². The summed E-state index contributed by atoms with van der Waals surface area (Å²) in [5.74, 6) is 0. The molecule has 0 saturated carbocycles. The molecule has 4 aromatic rings. The lowest BCUT2D eigenvalue weighted by Crippen LogP contribution is -2.28. The van der Waals surface area contributed by atoms with Crippen LogP contribution in [0.15, 0.2) is 155 Å². The molecule has 0 saturated heterocycles. The predicted octanol–water partition coefficient (Wildman–Crippen LogP) is 11.2. The second-order valence-corrected chi connectivity index (χ2v) is 16.6. The van der Waals surface area contributed by atoms with E-state index in [1.807, 2.05) is 0 Å². The molecule has 3 aliphatic carbocycles. The Hall–Kier alpha value is -5.08. The molecule has 52 heavy (non-hydrogen) atoms. The molecule has 5 aliphatic rings. The number of aryl methyl sites for hydroxylation is 1. The maximum atomic E-state index is 4.66. The third-order valence-corrected chi connectivity index (χ3v) is 12.9. The average Bonchev–Trinajstić information content (AvgIpc) is 3.70. The lowest BCUT2D eigenvalue weighted by molar-refractivity contribution is 0.530. The summed E-state index contributed by atoms with van der Waals surface area (Å²) in [6, 6.07) is 29.9. The van der Waals surface area contributed by atoms with E-state index >= 15 is 0 Å². The van der Waals surface area contributed by atoms with E-state index in [0.717, 1.165) is 31.4 Å². The van der Waals surface area contributed by atoms with Crippen LogP contribution in [0.5, 0.6) is 0 Å². The molecule has 0 N–H and O–H groups in total. The van der Waals surface area contributed by atoms with Crippen LogP contribution in [-0.2, 0) is 5.41 Å². The average molecular weight is 674 g/mol. The van der Waals surface area contributed by atoms with Gasteiger partial charge in [0.2, 0.25) is 0 Å². The van der Waals surface area contributed by atoms with E-state index in [2.05, 4.69) is 170 Å². The molecular formula is C50H48BN. The Bertz CT molecular complexity index is 2450. The summed E-state index contributed by atoms with van der Waals surface area (Å²) in [7, 11) is 2.36. The summed E-state index contributed by atoms with van der Waals surface area (Å²) in [5.41, 5.74) is 25.7. The topological polar surface area (TPSA) is 3.24 Å². The van der Waals surface area contributed by atoms with Crippen molar-refractivity contribution in [2.75, 3.05) is 11.4 Å². The molecule has 2 heterocycles. The van der Waals surface area contributed by atoms with Gasteiger partial charge in [0.05, 0.1) is 5.70 Å². The minimum absolute atomic E-state index is 0.0293. The lowest BCUT2D eigenvalue weighted by atomic mass is 9.75. The smallest absolute Gasteiger partial charge is 0.142 e. The SMILES string of the molecule is Bc1c2cc(-c3ccccc3C)cc1N1C/C(=C\C=C/C(=C)CC3=C(c4ccccc4C3(C)C)c3cccc-2c3C)C2=C1C1=C(CCC=C1)C2(C)C. The van der Waals surface area contributed by atoms with Crippen molar-refractivity contribution in [3.05, 3.63) is 183 Å². The number of benzene rings is 4. The summed E-state index contributed by atoms with van der Waals surface area (Å²) in [5, 5.41) is 0. The van der Waals surface area contributed by atoms with Gasteiger partial charge in [0.25, 0.3) is 0 Å². The second kappa shape index (κ2) is 11.7. The highest BCUT2D eigenvalue weighted by molar-refractivity contribution is 6.40. The monoisotopic (exact) mass is 673 g/mol. The van der Waals surface area contributed by atoms with Crippen molar-refractivity contribution in [1.29, 1.82) is 0 Å². The molecule has 0 spiro atoms. The molecule has 9 rings (SSSR count). The van der Waals surface area contributed by atoms with Crippen molar-refractivity contribution in [2.45, 2.75) is 66.2 Å². The van der Waals surface area contributed by atoms with E-state index in [9.17, 15) is 0 Å². The van der Waals surface area contributed by atoms with Crippen LogP contribution in [0, 0.1) is 19.3 Å². The molecule has 256 valence electrons. The van der Waals surface area contributed by atoms with Gasteiger partial charge in [-0.1, -0.05) is 148 Å². The van der Waals surface area contributed by atoms with Gasteiger partial charge in [-0.25, -0.2) is 0 Å². The Morgan fingerprint density at radius 1 is 0.750 bits per heavy atom. The highest BCUT2D eigenvalue weighted by atomic mass is 15.2. The Morgan fingerprint density at radius 2 is 1.48 bits per heavy atom. The van der Waals surface area contributed by atoms with Crippen LogP contribution in [0.25, 0.3) is 27.8 Å². The number of allylic oxidation sites excluding steroid dienone is 8. The molecular weight excluding hydrogens is 625 g/mol. The molecule has 6 bridgehead atoms. The summed E-state index contributed by atoms with van der Waals surface area (Å²) in [6.07, 6.45) is 14.8. The van der Waals surface area contributed by atoms with Gasteiger partial charge in [-0.3, -0.25) is 0 Å². The second-order valence-electron chi connectivity index (χ2n) is 16.6. The van der Waals surface area contributed by atoms with Crippen molar-refractivity contribution < 1.29 is 0 Å². The lowest BCUT2D eigenvalue weighted by Gasteiger charge is -2.31. The zero-order chi connectivity index (χ0) is 36.1. The maximum absolute atomic E-state index is 4.66. The fourth-order valence-corrected chi connectivity index (χ4v) is 10.2. The van der Waals surface area contributed by atoms with Gasteiger partial charge in [-0.05, 0) is 123 Å². The van der Waals surface area contributed by atoms with Crippen molar-refractivity contribution in [2.24, 2.45) is 5.41 Å². The van der Waals surface area contributed by atoms with Crippen molar-refractivity contribution >= 4 is 24.6 Å². The van der Waals surface area contributed by atoms with Crippen LogP contribution in [0.2, 0.25) is 0 Å². The summed E-state index contributed by atoms with van der Waals surface area (Å²) >= 11 is 0. The summed E-state index contributed by atoms with van der Waals surface area (Å²) < 4.78 is 0. The van der Waals surface area contributed by atoms with E-state index < -0.39 is 0 Å². The molecule has 0 amide bonds. The minimum Gasteiger partial charge on any atom is -0.337 e. The van der Waals surface area contributed by atoms with Crippen molar-refractivity contribution in [3.63, 3.8) is 0 Å². The summed E-state index contributed by atoms with van der Waals surface area (Å²) in [6.45, 7) is 19.8. The van der Waals surface area contributed by atoms with Crippen molar-refractivity contribution in [1.82, 2.24) is 0 Å². The predicted molar refractivity (Wildman–Crippen MR) is 225 cm³/mol. The Morgan fingerprint density at radius 3 is 2.29 bits per heavy atom. The first-order chi connectivity index (χ1) is 25.0. The molecule has 2 heteroatoms. The van der Waals surface area contributed by atoms with Gasteiger partial charge in [-0.15, -0.1) is 0 Å². The maximum Gasteiger partial charge on any atom is 0.142 e. The quantitative estimate of drug-likeness (QED) is 0.182. The van der Waals surface area contributed by atoms with Gasteiger partial charge in [-0.2, -0.15) is 0 Å². The normalized spacial score (nSPS) is 21.2. The van der Waals surface area contributed by atoms with Crippen LogP contribution >= 0.6 is 0 Å². The molecule has 0 fully saturated rings.